The van der Waals surface area contributed by atoms with Crippen LogP contribution in [0.5, 0.6) is 0 Å². The molecule has 3 rings (SSSR count). The molecule has 0 radical (unpaired) electrons. The van der Waals surface area contributed by atoms with E-state index in [0.29, 0.717) is 29.2 Å². The fourth-order valence-corrected chi connectivity index (χ4v) is 4.01. The van der Waals surface area contributed by atoms with Gasteiger partial charge in [-0.15, -0.1) is 12.4 Å². The molecule has 19 heavy (non-hydrogen) atoms. The Balaban J connectivity index is 0.00000133. The number of hydrogen-bond donors (Lipinski definition) is 2. The first-order valence-corrected chi connectivity index (χ1v) is 7.72. The standard InChI is InChI=1S/C15H26N2O.ClH/c1-11-4-2-3-5-13(11)17-14(18)12-10-15(12)6-8-16-9-7-15;/h11-13,16H,2-10H2,1H3,(H,17,18);1H. The number of rotatable bonds is 2. The van der Waals surface area contributed by atoms with Gasteiger partial charge >= 0.3 is 0 Å². The van der Waals surface area contributed by atoms with Crippen LogP contribution < -0.4 is 10.6 Å². The molecule has 3 aliphatic rings. The second kappa shape index (κ2) is 6.01. The van der Waals surface area contributed by atoms with Crippen LogP contribution in [0.15, 0.2) is 0 Å². The van der Waals surface area contributed by atoms with Gasteiger partial charge in [0.2, 0.25) is 5.91 Å². The summed E-state index contributed by atoms with van der Waals surface area (Å²) in [5, 5.41) is 6.74. The fraction of sp³-hybridized carbons (Fsp3) is 0.933. The van der Waals surface area contributed by atoms with Crippen LogP contribution in [-0.2, 0) is 4.79 Å². The van der Waals surface area contributed by atoms with Crippen LogP contribution in [0.3, 0.4) is 0 Å². The van der Waals surface area contributed by atoms with E-state index in [-0.39, 0.29) is 12.4 Å². The fourth-order valence-electron chi connectivity index (χ4n) is 4.01. The zero-order valence-electron chi connectivity index (χ0n) is 11.9. The molecule has 4 heteroatoms. The van der Waals surface area contributed by atoms with E-state index in [1.54, 1.807) is 0 Å². The predicted molar refractivity (Wildman–Crippen MR) is 79.5 cm³/mol. The van der Waals surface area contributed by atoms with Crippen molar-refractivity contribution in [1.82, 2.24) is 10.6 Å². The highest BCUT2D eigenvalue weighted by Gasteiger charge is 2.57. The largest absolute Gasteiger partial charge is 0.353 e. The maximum atomic E-state index is 12.4. The van der Waals surface area contributed by atoms with E-state index >= 15 is 0 Å². The Morgan fingerprint density at radius 3 is 2.58 bits per heavy atom. The number of amides is 1. The maximum absolute atomic E-state index is 12.4. The first kappa shape index (κ1) is 15.1. The van der Waals surface area contributed by atoms with Gasteiger partial charge in [-0.3, -0.25) is 4.79 Å². The molecule has 0 aromatic heterocycles. The zero-order chi connectivity index (χ0) is 12.6. The van der Waals surface area contributed by atoms with Gasteiger partial charge < -0.3 is 10.6 Å². The number of halogens is 1. The molecule has 1 heterocycles. The Morgan fingerprint density at radius 1 is 1.21 bits per heavy atom. The van der Waals surface area contributed by atoms with Gasteiger partial charge in [-0.1, -0.05) is 19.8 Å². The molecule has 3 atom stereocenters. The molecule has 1 aliphatic heterocycles. The van der Waals surface area contributed by atoms with Crippen molar-refractivity contribution in [2.24, 2.45) is 17.3 Å². The van der Waals surface area contributed by atoms with E-state index < -0.39 is 0 Å². The van der Waals surface area contributed by atoms with Crippen molar-refractivity contribution < 1.29 is 4.79 Å². The summed E-state index contributed by atoms with van der Waals surface area (Å²) in [6, 6.07) is 0.450. The van der Waals surface area contributed by atoms with Gasteiger partial charge in [0.05, 0.1) is 0 Å². The molecular formula is C15H27ClN2O. The van der Waals surface area contributed by atoms with Gasteiger partial charge in [-0.2, -0.15) is 0 Å². The molecule has 3 fully saturated rings. The average molecular weight is 287 g/mol. The summed E-state index contributed by atoms with van der Waals surface area (Å²) in [5.41, 5.74) is 0.382. The van der Waals surface area contributed by atoms with Crippen molar-refractivity contribution >= 4 is 18.3 Å². The molecule has 2 N–H and O–H groups in total. The van der Waals surface area contributed by atoms with Crippen LogP contribution in [0.25, 0.3) is 0 Å². The summed E-state index contributed by atoms with van der Waals surface area (Å²) in [5.74, 6) is 1.36. The van der Waals surface area contributed by atoms with Gasteiger partial charge in [-0.25, -0.2) is 0 Å². The van der Waals surface area contributed by atoms with Crippen LogP contribution in [0.1, 0.15) is 51.9 Å². The summed E-state index contributed by atoms with van der Waals surface area (Å²) < 4.78 is 0. The van der Waals surface area contributed by atoms with Crippen LogP contribution in [0, 0.1) is 17.3 Å². The molecular weight excluding hydrogens is 260 g/mol. The van der Waals surface area contributed by atoms with Crippen molar-refractivity contribution in [2.45, 2.75) is 57.9 Å². The van der Waals surface area contributed by atoms with E-state index in [1.807, 2.05) is 0 Å². The lowest BCUT2D eigenvalue weighted by Gasteiger charge is -2.30. The first-order valence-electron chi connectivity index (χ1n) is 7.72. The highest BCUT2D eigenvalue weighted by atomic mass is 35.5. The monoisotopic (exact) mass is 286 g/mol. The minimum Gasteiger partial charge on any atom is -0.353 e. The van der Waals surface area contributed by atoms with Crippen LogP contribution >= 0.6 is 12.4 Å². The number of carbonyl (C=O) groups is 1. The van der Waals surface area contributed by atoms with E-state index in [2.05, 4.69) is 17.6 Å². The lowest BCUT2D eigenvalue weighted by atomic mass is 9.85. The van der Waals surface area contributed by atoms with E-state index in [0.717, 1.165) is 19.5 Å². The smallest absolute Gasteiger partial charge is 0.223 e. The second-order valence-corrected chi connectivity index (χ2v) is 6.75. The third-order valence-corrected chi connectivity index (χ3v) is 5.54. The Labute approximate surface area is 122 Å². The Bertz CT molecular complexity index is 328. The Hall–Kier alpha value is -0.280. The van der Waals surface area contributed by atoms with Crippen LogP contribution in [0.2, 0.25) is 0 Å². The first-order chi connectivity index (χ1) is 8.71. The zero-order valence-corrected chi connectivity index (χ0v) is 12.7. The van der Waals surface area contributed by atoms with Crippen LogP contribution in [-0.4, -0.2) is 25.0 Å². The van der Waals surface area contributed by atoms with E-state index in [4.69, 9.17) is 0 Å². The number of nitrogens with one attached hydrogen (secondary N) is 2. The molecule has 110 valence electrons. The van der Waals surface area contributed by atoms with Crippen molar-refractivity contribution in [3.63, 3.8) is 0 Å². The molecule has 1 spiro atoms. The van der Waals surface area contributed by atoms with Gasteiger partial charge in [0.25, 0.3) is 0 Å². The lowest BCUT2D eigenvalue weighted by molar-refractivity contribution is -0.124. The van der Waals surface area contributed by atoms with E-state index in [1.165, 1.54) is 38.5 Å². The summed E-state index contributed by atoms with van der Waals surface area (Å²) in [7, 11) is 0. The normalized spacial score (nSPS) is 36.4. The number of piperidine rings is 1. The van der Waals surface area contributed by atoms with Crippen molar-refractivity contribution in [3.05, 3.63) is 0 Å². The predicted octanol–water partition coefficient (Wildman–Crippen LogP) is 2.49. The molecule has 1 amide bonds. The van der Waals surface area contributed by atoms with Crippen molar-refractivity contribution in [1.29, 1.82) is 0 Å². The molecule has 2 saturated carbocycles. The third kappa shape index (κ3) is 3.08. The molecule has 0 bridgehead atoms. The second-order valence-electron chi connectivity index (χ2n) is 6.75. The van der Waals surface area contributed by atoms with E-state index in [9.17, 15) is 4.79 Å². The Morgan fingerprint density at radius 2 is 1.89 bits per heavy atom. The van der Waals surface area contributed by atoms with Gasteiger partial charge in [0.1, 0.15) is 0 Å². The molecule has 3 nitrogen and oxygen atoms in total. The summed E-state index contributed by atoms with van der Waals surface area (Å²) >= 11 is 0. The topological polar surface area (TPSA) is 41.1 Å². The van der Waals surface area contributed by atoms with Crippen molar-refractivity contribution in [3.8, 4) is 0 Å². The number of carbonyl (C=O) groups excluding carboxylic acids is 1. The molecule has 3 unspecified atom stereocenters. The summed E-state index contributed by atoms with van der Waals surface area (Å²) in [6.45, 7) is 4.49. The summed E-state index contributed by atoms with van der Waals surface area (Å²) in [6.07, 6.45) is 8.64. The Kier molecular flexibility index (Phi) is 4.78. The van der Waals surface area contributed by atoms with Gasteiger partial charge in [0.15, 0.2) is 0 Å². The molecule has 2 aliphatic carbocycles. The highest BCUT2D eigenvalue weighted by molar-refractivity contribution is 5.85. The van der Waals surface area contributed by atoms with Crippen LogP contribution in [0.4, 0.5) is 0 Å². The van der Waals surface area contributed by atoms with Gasteiger partial charge in [-0.05, 0) is 56.5 Å². The molecule has 0 aromatic rings. The minimum absolute atomic E-state index is 0. The molecule has 1 saturated heterocycles. The van der Waals surface area contributed by atoms with Crippen molar-refractivity contribution in [2.75, 3.05) is 13.1 Å². The maximum Gasteiger partial charge on any atom is 0.223 e. The number of hydrogen-bond acceptors (Lipinski definition) is 2. The van der Waals surface area contributed by atoms with Gasteiger partial charge in [0, 0.05) is 12.0 Å². The third-order valence-electron chi connectivity index (χ3n) is 5.54. The highest BCUT2D eigenvalue weighted by Crippen LogP contribution is 2.58. The quantitative estimate of drug-likeness (QED) is 0.819. The lowest BCUT2D eigenvalue weighted by Crippen LogP contribution is -2.43. The SMILES string of the molecule is CC1CCCCC1NC(=O)C1CC12CCNCC2.Cl. The minimum atomic E-state index is 0. The average Bonchev–Trinajstić information content (AvgIpc) is 3.07. The summed E-state index contributed by atoms with van der Waals surface area (Å²) in [4.78, 5) is 12.4. The molecule has 0 aromatic carbocycles.